The third kappa shape index (κ3) is 5.97. The van der Waals surface area contributed by atoms with Crippen molar-refractivity contribution >= 4 is 43.3 Å². The number of ether oxygens (including phenoxy) is 1. The van der Waals surface area contributed by atoms with Gasteiger partial charge in [-0.2, -0.15) is 5.10 Å². The maximum atomic E-state index is 10.5. The lowest BCUT2D eigenvalue weighted by molar-refractivity contribution is 0.00578. The van der Waals surface area contributed by atoms with E-state index in [1.165, 1.54) is 0 Å². The van der Waals surface area contributed by atoms with Crippen LogP contribution < -0.4 is 5.46 Å². The van der Waals surface area contributed by atoms with Crippen molar-refractivity contribution in [1.29, 1.82) is 0 Å². The third-order valence-electron chi connectivity index (χ3n) is 7.25. The highest BCUT2D eigenvalue weighted by atomic mass is 35.5. The van der Waals surface area contributed by atoms with Crippen molar-refractivity contribution in [3.8, 4) is 11.3 Å². The molecule has 10 heteroatoms. The number of pyridine rings is 1. The number of aromatic nitrogens is 3. The average Bonchev–Trinajstić information content (AvgIpc) is 3.22. The molecule has 1 saturated heterocycles. The molecule has 0 bridgehead atoms. The Morgan fingerprint density at radius 2 is 1.76 bits per heavy atom. The molecule has 0 spiro atoms. The molecule has 1 aromatic carbocycles. The number of rotatable bonds is 8. The van der Waals surface area contributed by atoms with Crippen LogP contribution in [0, 0.1) is 0 Å². The first-order chi connectivity index (χ1) is 17.0. The molecule has 0 aliphatic carbocycles. The molecule has 37 heavy (non-hydrogen) atoms. The summed E-state index contributed by atoms with van der Waals surface area (Å²) in [6.07, 6.45) is 1.79. The van der Waals surface area contributed by atoms with Gasteiger partial charge in [-0.15, -0.1) is 0 Å². The molecule has 1 N–H and O–H groups in total. The summed E-state index contributed by atoms with van der Waals surface area (Å²) in [6.45, 7) is 19.6. The van der Waals surface area contributed by atoms with E-state index in [9.17, 15) is 5.11 Å². The van der Waals surface area contributed by atoms with Crippen LogP contribution in [-0.2, 0) is 26.4 Å². The fraction of sp³-hybridized carbons (Fsp3) is 0.556. The monoisotopic (exact) mass is 543 g/mol. The quantitative estimate of drug-likeness (QED) is 0.295. The Kier molecular flexibility index (Phi) is 7.47. The normalized spacial score (nSPS) is 17.6. The van der Waals surface area contributed by atoms with Crippen molar-refractivity contribution in [1.82, 2.24) is 14.8 Å². The first kappa shape index (κ1) is 28.3. The van der Waals surface area contributed by atoms with Crippen LogP contribution in [-0.4, -0.2) is 52.9 Å². The van der Waals surface area contributed by atoms with E-state index < -0.39 is 32.0 Å². The topological polar surface area (TPSA) is 78.6 Å². The van der Waals surface area contributed by atoms with E-state index in [-0.39, 0.29) is 0 Å². The summed E-state index contributed by atoms with van der Waals surface area (Å²) >= 11 is 6.59. The van der Waals surface area contributed by atoms with E-state index in [0.717, 1.165) is 28.2 Å². The first-order valence-electron chi connectivity index (χ1n) is 12.8. The van der Waals surface area contributed by atoms with Crippen molar-refractivity contribution in [2.24, 2.45) is 0 Å². The molecule has 7 nitrogen and oxygen atoms in total. The molecule has 200 valence electrons. The van der Waals surface area contributed by atoms with Crippen LogP contribution in [0.15, 0.2) is 30.5 Å². The third-order valence-corrected chi connectivity index (χ3v) is 9.26. The van der Waals surface area contributed by atoms with Gasteiger partial charge in [-0.05, 0) is 59.7 Å². The van der Waals surface area contributed by atoms with Crippen LogP contribution in [0.1, 0.15) is 47.1 Å². The Morgan fingerprint density at radius 3 is 2.32 bits per heavy atom. The SMILES string of the molecule is CC(C)(O)c1ccc(-c2nn(COCC[Si](C)(C)C)c3ncc(B4OC(C)(C)C(C)(C)O4)cc23)cc1Cl. The highest BCUT2D eigenvalue weighted by molar-refractivity contribution is 6.76. The summed E-state index contributed by atoms with van der Waals surface area (Å²) in [6, 6.07) is 8.72. The highest BCUT2D eigenvalue weighted by Gasteiger charge is 2.52. The highest BCUT2D eigenvalue weighted by Crippen LogP contribution is 2.37. The maximum Gasteiger partial charge on any atom is 0.496 e. The molecular weight excluding hydrogens is 505 g/mol. The van der Waals surface area contributed by atoms with E-state index in [4.69, 9.17) is 35.7 Å². The molecule has 3 heterocycles. The van der Waals surface area contributed by atoms with Crippen molar-refractivity contribution < 1.29 is 19.2 Å². The molecule has 1 aliphatic heterocycles. The smallest absolute Gasteiger partial charge is 0.399 e. The van der Waals surface area contributed by atoms with Crippen LogP contribution >= 0.6 is 11.6 Å². The van der Waals surface area contributed by atoms with Gasteiger partial charge in [0.15, 0.2) is 5.65 Å². The fourth-order valence-corrected chi connectivity index (χ4v) is 5.34. The van der Waals surface area contributed by atoms with Gasteiger partial charge in [-0.1, -0.05) is 43.4 Å². The zero-order chi connectivity index (χ0) is 27.4. The van der Waals surface area contributed by atoms with Gasteiger partial charge in [-0.25, -0.2) is 9.67 Å². The molecule has 3 aromatic rings. The Labute approximate surface area is 226 Å². The fourth-order valence-electron chi connectivity index (χ4n) is 4.17. The van der Waals surface area contributed by atoms with Crippen LogP contribution in [0.25, 0.3) is 22.3 Å². The number of hydrogen-bond acceptors (Lipinski definition) is 6. The lowest BCUT2D eigenvalue weighted by Crippen LogP contribution is -2.41. The zero-order valence-electron chi connectivity index (χ0n) is 23.5. The summed E-state index contributed by atoms with van der Waals surface area (Å²) in [5, 5.41) is 16.7. The second-order valence-electron chi connectivity index (χ2n) is 12.7. The molecule has 0 atom stereocenters. The Bertz CT molecular complexity index is 1280. The molecule has 1 fully saturated rings. The lowest BCUT2D eigenvalue weighted by Gasteiger charge is -2.32. The number of hydrogen-bond donors (Lipinski definition) is 1. The van der Waals surface area contributed by atoms with E-state index in [1.807, 2.05) is 52.0 Å². The molecule has 1 aliphatic rings. The lowest BCUT2D eigenvalue weighted by atomic mass is 9.80. The predicted octanol–water partition coefficient (Wildman–Crippen LogP) is 5.59. The summed E-state index contributed by atoms with van der Waals surface area (Å²) in [7, 11) is -1.74. The predicted molar refractivity (Wildman–Crippen MR) is 153 cm³/mol. The van der Waals surface area contributed by atoms with Gasteiger partial charge >= 0.3 is 7.12 Å². The second kappa shape index (κ2) is 9.77. The molecule has 0 unspecified atom stereocenters. The summed E-state index contributed by atoms with van der Waals surface area (Å²) in [5.41, 5.74) is 1.81. The minimum absolute atomic E-state index is 0.305. The average molecular weight is 544 g/mol. The second-order valence-corrected chi connectivity index (χ2v) is 18.7. The van der Waals surface area contributed by atoms with Crippen LogP contribution in [0.3, 0.4) is 0 Å². The van der Waals surface area contributed by atoms with Gasteiger partial charge in [0, 0.05) is 47.9 Å². The molecule has 2 aromatic heterocycles. The van der Waals surface area contributed by atoms with Gasteiger partial charge in [-0.3, -0.25) is 0 Å². The number of nitrogens with zero attached hydrogens (tertiary/aromatic N) is 3. The van der Waals surface area contributed by atoms with Gasteiger partial charge < -0.3 is 19.2 Å². The molecule has 0 amide bonds. The number of halogens is 1. The Balaban J connectivity index is 1.75. The first-order valence-corrected chi connectivity index (χ1v) is 16.9. The minimum atomic E-state index is -1.20. The Morgan fingerprint density at radius 1 is 1.11 bits per heavy atom. The number of aliphatic hydroxyl groups is 1. The van der Waals surface area contributed by atoms with Crippen LogP contribution in [0.5, 0.6) is 0 Å². The standard InChI is InChI=1S/C27H39BClN3O4Si/c1-25(2,33)21-11-10-18(14-22(21)29)23-20-15-19(28-35-26(3,4)27(5,6)36-28)16-30-24(20)32(31-23)17-34-12-13-37(7,8)9/h10-11,14-16,33H,12-13,17H2,1-9H3. The van der Waals surface area contributed by atoms with Gasteiger partial charge in [0.2, 0.25) is 0 Å². The summed E-state index contributed by atoms with van der Waals surface area (Å²) < 4.78 is 20.4. The van der Waals surface area contributed by atoms with E-state index >= 15 is 0 Å². The van der Waals surface area contributed by atoms with Gasteiger partial charge in [0.1, 0.15) is 12.4 Å². The molecule has 4 rings (SSSR count). The summed E-state index contributed by atoms with van der Waals surface area (Å²) in [5.74, 6) is 0. The minimum Gasteiger partial charge on any atom is -0.399 e. The van der Waals surface area contributed by atoms with Gasteiger partial charge in [0.25, 0.3) is 0 Å². The van der Waals surface area contributed by atoms with Crippen molar-refractivity contribution in [3.05, 3.63) is 41.0 Å². The van der Waals surface area contributed by atoms with Crippen LogP contribution in [0.4, 0.5) is 0 Å². The zero-order valence-corrected chi connectivity index (χ0v) is 25.2. The van der Waals surface area contributed by atoms with Crippen molar-refractivity contribution in [2.75, 3.05) is 6.61 Å². The van der Waals surface area contributed by atoms with E-state index in [2.05, 4.69) is 19.6 Å². The summed E-state index contributed by atoms with van der Waals surface area (Å²) in [4.78, 5) is 4.77. The van der Waals surface area contributed by atoms with Crippen molar-refractivity contribution in [3.63, 3.8) is 0 Å². The van der Waals surface area contributed by atoms with E-state index in [0.29, 0.717) is 29.6 Å². The molecule has 0 radical (unpaired) electrons. The molecular formula is C27H39BClN3O4Si. The maximum absolute atomic E-state index is 10.5. The van der Waals surface area contributed by atoms with E-state index in [1.54, 1.807) is 24.7 Å². The van der Waals surface area contributed by atoms with Crippen molar-refractivity contribution in [2.45, 2.75) is 90.8 Å². The Hall–Kier alpha value is -1.75. The van der Waals surface area contributed by atoms with Gasteiger partial charge in [0.05, 0.1) is 16.8 Å². The van der Waals surface area contributed by atoms with Crippen LogP contribution in [0.2, 0.25) is 30.7 Å². The number of benzene rings is 1. The largest absolute Gasteiger partial charge is 0.496 e. The number of fused-ring (bicyclic) bond motifs is 1. The molecule has 0 saturated carbocycles.